The van der Waals surface area contributed by atoms with Crippen LogP contribution in [0.5, 0.6) is 5.75 Å². The number of amides is 1. The van der Waals surface area contributed by atoms with E-state index in [9.17, 15) is 14.7 Å². The maximum Gasteiger partial charge on any atom is 0.321 e. The molecule has 4 aromatic rings. The van der Waals surface area contributed by atoms with Crippen molar-refractivity contribution < 1.29 is 23.8 Å². The molecule has 0 aliphatic carbocycles. The molecule has 212 valence electrons. The van der Waals surface area contributed by atoms with E-state index in [-0.39, 0.29) is 18.4 Å². The number of oxazole rings is 1. The van der Waals surface area contributed by atoms with Gasteiger partial charge in [0.25, 0.3) is 5.91 Å². The highest BCUT2D eigenvalue weighted by Crippen LogP contribution is 2.33. The quantitative estimate of drug-likeness (QED) is 0.205. The fourth-order valence-electron chi connectivity index (χ4n) is 5.01. The predicted octanol–water partition coefficient (Wildman–Crippen LogP) is 6.04. The van der Waals surface area contributed by atoms with Crippen LogP contribution in [0.15, 0.2) is 71.1 Å². The number of benzene rings is 3. The summed E-state index contributed by atoms with van der Waals surface area (Å²) in [5.74, 6) is 0.0937. The molecule has 1 aliphatic heterocycles. The summed E-state index contributed by atoms with van der Waals surface area (Å²) in [6, 6.07) is 19.2. The average Bonchev–Trinajstić information content (AvgIpc) is 3.60. The lowest BCUT2D eigenvalue weighted by atomic mass is 9.88. The normalized spacial score (nSPS) is 16.5. The van der Waals surface area contributed by atoms with Gasteiger partial charge in [0.05, 0.1) is 12.3 Å². The zero-order valence-corrected chi connectivity index (χ0v) is 23.8. The van der Waals surface area contributed by atoms with Crippen molar-refractivity contribution in [2.45, 2.75) is 38.3 Å². The highest BCUT2D eigenvalue weighted by molar-refractivity contribution is 6.35. The van der Waals surface area contributed by atoms with Crippen molar-refractivity contribution in [2.24, 2.45) is 0 Å². The summed E-state index contributed by atoms with van der Waals surface area (Å²) in [4.78, 5) is 30.0. The summed E-state index contributed by atoms with van der Waals surface area (Å²) in [5.41, 5.74) is 3.41. The maximum atomic E-state index is 13.5. The maximum absolute atomic E-state index is 13.5. The number of aliphatic carboxylic acids is 1. The third-order valence-corrected chi connectivity index (χ3v) is 7.72. The van der Waals surface area contributed by atoms with Crippen LogP contribution in [0.2, 0.25) is 10.0 Å². The van der Waals surface area contributed by atoms with Crippen LogP contribution in [-0.2, 0) is 17.8 Å². The molecule has 1 aromatic heterocycles. The zero-order valence-electron chi connectivity index (χ0n) is 22.3. The largest absolute Gasteiger partial charge is 0.493 e. The SMILES string of the molecule is Cc1oc(-c2ccccc2)nc1CCOc1ccc(C2CCN[C@@H]2C(=O)O)c(C(=O)NCc2ccc(Cl)cc2Cl)c1. The number of carbonyl (C=O) groups is 2. The van der Waals surface area contributed by atoms with Gasteiger partial charge in [-0.3, -0.25) is 9.59 Å². The fourth-order valence-corrected chi connectivity index (χ4v) is 5.48. The summed E-state index contributed by atoms with van der Waals surface area (Å²) < 4.78 is 11.9. The average molecular weight is 594 g/mol. The Balaban J connectivity index is 1.33. The summed E-state index contributed by atoms with van der Waals surface area (Å²) in [5, 5.41) is 16.6. The van der Waals surface area contributed by atoms with Gasteiger partial charge in [-0.2, -0.15) is 0 Å². The van der Waals surface area contributed by atoms with Gasteiger partial charge in [0.1, 0.15) is 17.6 Å². The van der Waals surface area contributed by atoms with Gasteiger partial charge in [0, 0.05) is 40.1 Å². The van der Waals surface area contributed by atoms with E-state index >= 15 is 0 Å². The Hall–Kier alpha value is -3.85. The summed E-state index contributed by atoms with van der Waals surface area (Å²) in [7, 11) is 0. The number of aryl methyl sites for hydroxylation is 1. The predicted molar refractivity (Wildman–Crippen MR) is 157 cm³/mol. The topological polar surface area (TPSA) is 114 Å². The standard InChI is InChI=1S/C31H29Cl2N3O5/c1-18-27(36-30(41-18)19-5-3-2-4-6-19)12-14-40-22-9-10-23(24-11-13-34-28(24)31(38)39)25(16-22)29(37)35-17-20-7-8-21(32)15-26(20)33/h2-10,15-16,24,28,34H,11-14,17H2,1H3,(H,35,37)(H,38,39)/t24?,28-/m0/s1. The molecule has 10 heteroatoms. The first-order valence-electron chi connectivity index (χ1n) is 13.3. The van der Waals surface area contributed by atoms with E-state index in [0.29, 0.717) is 64.4 Å². The number of aromatic nitrogens is 1. The number of nitrogens with zero attached hydrogens (tertiary/aromatic N) is 1. The van der Waals surface area contributed by atoms with Gasteiger partial charge in [0.2, 0.25) is 5.89 Å². The molecule has 1 amide bonds. The molecule has 5 rings (SSSR count). The Morgan fingerprint density at radius 3 is 2.68 bits per heavy atom. The minimum atomic E-state index is -0.954. The van der Waals surface area contributed by atoms with Crippen molar-refractivity contribution in [2.75, 3.05) is 13.2 Å². The highest BCUT2D eigenvalue weighted by Gasteiger charge is 2.36. The molecule has 8 nitrogen and oxygen atoms in total. The van der Waals surface area contributed by atoms with Gasteiger partial charge in [-0.1, -0.05) is 53.5 Å². The van der Waals surface area contributed by atoms with Crippen molar-refractivity contribution in [3.8, 4) is 17.2 Å². The molecule has 1 unspecified atom stereocenters. The second-order valence-corrected chi connectivity index (χ2v) is 10.7. The van der Waals surface area contributed by atoms with Crippen molar-refractivity contribution in [3.05, 3.63) is 105 Å². The molecule has 0 radical (unpaired) electrons. The Labute approximate surface area is 247 Å². The number of halogens is 2. The van der Waals surface area contributed by atoms with Gasteiger partial charge in [-0.25, -0.2) is 4.98 Å². The number of carboxylic acid groups (broad SMARTS) is 1. The van der Waals surface area contributed by atoms with Crippen LogP contribution < -0.4 is 15.4 Å². The minimum Gasteiger partial charge on any atom is -0.493 e. The van der Waals surface area contributed by atoms with E-state index in [4.69, 9.17) is 32.4 Å². The second kappa shape index (κ2) is 12.8. The van der Waals surface area contributed by atoms with Crippen molar-refractivity contribution in [1.82, 2.24) is 15.6 Å². The number of hydrogen-bond acceptors (Lipinski definition) is 6. The van der Waals surface area contributed by atoms with Crippen LogP contribution in [0.4, 0.5) is 0 Å². The van der Waals surface area contributed by atoms with Crippen molar-refractivity contribution in [1.29, 1.82) is 0 Å². The second-order valence-electron chi connectivity index (χ2n) is 9.82. The molecule has 3 aromatic carbocycles. The third-order valence-electron chi connectivity index (χ3n) is 7.13. The number of ether oxygens (including phenoxy) is 1. The van der Waals surface area contributed by atoms with E-state index < -0.39 is 12.0 Å². The molecule has 0 saturated carbocycles. The molecule has 2 atom stereocenters. The smallest absolute Gasteiger partial charge is 0.321 e. The molecule has 3 N–H and O–H groups in total. The zero-order chi connectivity index (χ0) is 28.9. The lowest BCUT2D eigenvalue weighted by Gasteiger charge is -2.20. The molecule has 1 fully saturated rings. The Bertz CT molecular complexity index is 1560. The van der Waals surface area contributed by atoms with Crippen LogP contribution in [0.25, 0.3) is 11.5 Å². The van der Waals surface area contributed by atoms with E-state index in [1.165, 1.54) is 0 Å². The van der Waals surface area contributed by atoms with Crippen LogP contribution >= 0.6 is 23.2 Å². The van der Waals surface area contributed by atoms with Crippen LogP contribution in [0.3, 0.4) is 0 Å². The van der Waals surface area contributed by atoms with Gasteiger partial charge in [-0.15, -0.1) is 0 Å². The molecular formula is C31H29Cl2N3O5. The molecule has 41 heavy (non-hydrogen) atoms. The van der Waals surface area contributed by atoms with E-state index in [1.54, 1.807) is 36.4 Å². The van der Waals surface area contributed by atoms with Gasteiger partial charge >= 0.3 is 5.97 Å². The van der Waals surface area contributed by atoms with Crippen LogP contribution in [-0.4, -0.2) is 41.2 Å². The first kappa shape index (κ1) is 28.7. The summed E-state index contributed by atoms with van der Waals surface area (Å²) in [6.45, 7) is 2.90. The Morgan fingerprint density at radius 1 is 1.12 bits per heavy atom. The van der Waals surface area contributed by atoms with Crippen molar-refractivity contribution in [3.63, 3.8) is 0 Å². The fraction of sp³-hybridized carbons (Fsp3) is 0.258. The highest BCUT2D eigenvalue weighted by atomic mass is 35.5. The summed E-state index contributed by atoms with van der Waals surface area (Å²) >= 11 is 12.3. The number of carboxylic acids is 1. The summed E-state index contributed by atoms with van der Waals surface area (Å²) in [6.07, 6.45) is 1.10. The number of hydrogen-bond donors (Lipinski definition) is 3. The van der Waals surface area contributed by atoms with Crippen LogP contribution in [0, 0.1) is 6.92 Å². The molecular weight excluding hydrogens is 565 g/mol. The molecule has 0 bridgehead atoms. The molecule has 2 heterocycles. The number of nitrogens with one attached hydrogen (secondary N) is 2. The van der Waals surface area contributed by atoms with E-state index in [2.05, 4.69) is 15.6 Å². The number of carbonyl (C=O) groups excluding carboxylic acids is 1. The Morgan fingerprint density at radius 2 is 1.93 bits per heavy atom. The first-order chi connectivity index (χ1) is 19.8. The van der Waals surface area contributed by atoms with Gasteiger partial charge in [-0.05, 0) is 67.4 Å². The Kier molecular flexibility index (Phi) is 8.93. The lowest BCUT2D eigenvalue weighted by molar-refractivity contribution is -0.139. The van der Waals surface area contributed by atoms with E-state index in [1.807, 2.05) is 37.3 Å². The first-order valence-corrected chi connectivity index (χ1v) is 14.0. The van der Waals surface area contributed by atoms with Gasteiger partial charge < -0.3 is 24.9 Å². The van der Waals surface area contributed by atoms with E-state index in [0.717, 1.165) is 17.0 Å². The van der Waals surface area contributed by atoms with Crippen LogP contribution in [0.1, 0.15) is 45.3 Å². The number of rotatable bonds is 10. The molecule has 1 aliphatic rings. The third kappa shape index (κ3) is 6.73. The monoisotopic (exact) mass is 593 g/mol. The minimum absolute atomic E-state index is 0.180. The molecule has 0 spiro atoms. The van der Waals surface area contributed by atoms with Crippen molar-refractivity contribution >= 4 is 35.1 Å². The van der Waals surface area contributed by atoms with Gasteiger partial charge in [0.15, 0.2) is 0 Å². The molecule has 1 saturated heterocycles. The lowest BCUT2D eigenvalue weighted by Crippen LogP contribution is -2.35.